The Bertz CT molecular complexity index is 800. The summed E-state index contributed by atoms with van der Waals surface area (Å²) in [6.45, 7) is 0. The Morgan fingerprint density at radius 1 is 1.28 bits per heavy atom. The first-order valence-corrected chi connectivity index (χ1v) is 9.77. The van der Waals surface area contributed by atoms with Crippen LogP contribution >= 0.6 is 23.4 Å². The van der Waals surface area contributed by atoms with Crippen LogP contribution in [0.5, 0.6) is 0 Å². The van der Waals surface area contributed by atoms with Gasteiger partial charge in [-0.05, 0) is 44.1 Å². The van der Waals surface area contributed by atoms with Gasteiger partial charge >= 0.3 is 0 Å². The summed E-state index contributed by atoms with van der Waals surface area (Å²) in [4.78, 5) is 9.04. The van der Waals surface area contributed by atoms with Crippen LogP contribution in [0, 0.1) is 11.3 Å². The SMILES string of the molecule is CSc1nc(NC2CCC(O)CC2)c(C#N)c(-c2cccc(Cl)c2)n1. The van der Waals surface area contributed by atoms with E-state index in [-0.39, 0.29) is 12.1 Å². The summed E-state index contributed by atoms with van der Waals surface area (Å²) >= 11 is 7.54. The molecule has 0 aliphatic heterocycles. The summed E-state index contributed by atoms with van der Waals surface area (Å²) in [5, 5.41) is 24.0. The van der Waals surface area contributed by atoms with Gasteiger partial charge in [-0.1, -0.05) is 35.5 Å². The van der Waals surface area contributed by atoms with Gasteiger partial charge in [-0.15, -0.1) is 0 Å². The van der Waals surface area contributed by atoms with Crippen molar-refractivity contribution in [2.24, 2.45) is 0 Å². The normalized spacial score (nSPS) is 20.1. The summed E-state index contributed by atoms with van der Waals surface area (Å²) < 4.78 is 0. The van der Waals surface area contributed by atoms with Crippen LogP contribution in [0.3, 0.4) is 0 Å². The number of nitrogens with zero attached hydrogens (tertiary/aromatic N) is 3. The molecule has 3 rings (SSSR count). The number of hydrogen-bond donors (Lipinski definition) is 2. The number of aliphatic hydroxyl groups excluding tert-OH is 1. The topological polar surface area (TPSA) is 81.8 Å². The van der Waals surface area contributed by atoms with Crippen molar-refractivity contribution in [3.63, 3.8) is 0 Å². The molecule has 0 spiro atoms. The highest BCUT2D eigenvalue weighted by Gasteiger charge is 2.22. The van der Waals surface area contributed by atoms with Crippen molar-refractivity contribution in [3.8, 4) is 17.3 Å². The van der Waals surface area contributed by atoms with Crippen molar-refractivity contribution in [2.45, 2.75) is 43.0 Å². The summed E-state index contributed by atoms with van der Waals surface area (Å²) in [5.74, 6) is 0.554. The molecule has 130 valence electrons. The third kappa shape index (κ3) is 4.24. The molecule has 0 atom stereocenters. The van der Waals surface area contributed by atoms with Gasteiger partial charge < -0.3 is 10.4 Å². The third-order valence-electron chi connectivity index (χ3n) is 4.32. The molecule has 1 aliphatic rings. The minimum atomic E-state index is -0.220. The molecule has 0 radical (unpaired) electrons. The maximum Gasteiger partial charge on any atom is 0.189 e. The van der Waals surface area contributed by atoms with Gasteiger partial charge in [0.2, 0.25) is 0 Å². The molecule has 1 aromatic carbocycles. The van der Waals surface area contributed by atoms with E-state index < -0.39 is 0 Å². The molecular weight excluding hydrogens is 356 g/mol. The number of aromatic nitrogens is 2. The second-order valence-electron chi connectivity index (χ2n) is 6.05. The Kier molecular flexibility index (Phi) is 5.79. The smallest absolute Gasteiger partial charge is 0.189 e. The fraction of sp³-hybridized carbons (Fsp3) is 0.389. The monoisotopic (exact) mass is 374 g/mol. The Morgan fingerprint density at radius 3 is 2.68 bits per heavy atom. The summed E-state index contributed by atoms with van der Waals surface area (Å²) in [5.41, 5.74) is 1.80. The molecule has 25 heavy (non-hydrogen) atoms. The van der Waals surface area contributed by atoms with Crippen molar-refractivity contribution in [3.05, 3.63) is 34.9 Å². The number of halogens is 1. The lowest BCUT2D eigenvalue weighted by Crippen LogP contribution is -2.29. The lowest BCUT2D eigenvalue weighted by Gasteiger charge is -2.27. The summed E-state index contributed by atoms with van der Waals surface area (Å²) in [6, 6.07) is 9.77. The van der Waals surface area contributed by atoms with Gasteiger partial charge in [0.05, 0.1) is 11.8 Å². The molecule has 7 heteroatoms. The lowest BCUT2D eigenvalue weighted by molar-refractivity contribution is 0.126. The van der Waals surface area contributed by atoms with Gasteiger partial charge in [0, 0.05) is 16.6 Å². The fourth-order valence-corrected chi connectivity index (χ4v) is 3.56. The zero-order valence-electron chi connectivity index (χ0n) is 13.9. The zero-order chi connectivity index (χ0) is 17.8. The van der Waals surface area contributed by atoms with Crippen molar-refractivity contribution in [1.82, 2.24) is 9.97 Å². The van der Waals surface area contributed by atoms with Gasteiger partial charge in [0.15, 0.2) is 5.16 Å². The van der Waals surface area contributed by atoms with Gasteiger partial charge in [-0.3, -0.25) is 0 Å². The molecule has 0 bridgehead atoms. The Balaban J connectivity index is 2.00. The molecular formula is C18H19ClN4OS. The Labute approximate surface area is 156 Å². The van der Waals surface area contributed by atoms with Gasteiger partial charge in [0.1, 0.15) is 17.5 Å². The molecule has 5 nitrogen and oxygen atoms in total. The van der Waals surface area contributed by atoms with Crippen LogP contribution < -0.4 is 5.32 Å². The first-order valence-electron chi connectivity index (χ1n) is 8.17. The first-order chi connectivity index (χ1) is 12.1. The van der Waals surface area contributed by atoms with E-state index in [0.29, 0.717) is 27.3 Å². The molecule has 1 fully saturated rings. The second kappa shape index (κ2) is 8.05. The number of aliphatic hydroxyl groups is 1. The number of hydrogen-bond acceptors (Lipinski definition) is 6. The van der Waals surface area contributed by atoms with Crippen LogP contribution in [0.2, 0.25) is 5.02 Å². The molecule has 2 N–H and O–H groups in total. The maximum atomic E-state index is 9.72. The van der Waals surface area contributed by atoms with Gasteiger partial charge in [0.25, 0.3) is 0 Å². The number of benzene rings is 1. The van der Waals surface area contributed by atoms with Crippen LogP contribution in [-0.2, 0) is 0 Å². The van der Waals surface area contributed by atoms with E-state index in [1.165, 1.54) is 11.8 Å². The zero-order valence-corrected chi connectivity index (χ0v) is 15.4. The van der Waals surface area contributed by atoms with E-state index in [0.717, 1.165) is 31.2 Å². The molecule has 1 heterocycles. The summed E-state index contributed by atoms with van der Waals surface area (Å²) in [7, 11) is 0. The highest BCUT2D eigenvalue weighted by molar-refractivity contribution is 7.98. The van der Waals surface area contributed by atoms with Crippen molar-refractivity contribution < 1.29 is 5.11 Å². The molecule has 1 aliphatic carbocycles. The van der Waals surface area contributed by atoms with Crippen LogP contribution in [0.25, 0.3) is 11.3 Å². The molecule has 0 unspecified atom stereocenters. The van der Waals surface area contributed by atoms with E-state index >= 15 is 0 Å². The molecule has 0 saturated heterocycles. The first kappa shape index (κ1) is 18.0. The van der Waals surface area contributed by atoms with Crippen LogP contribution in [0.4, 0.5) is 5.82 Å². The molecule has 1 saturated carbocycles. The quantitative estimate of drug-likeness (QED) is 0.619. The number of nitrogens with one attached hydrogen (secondary N) is 1. The van der Waals surface area contributed by atoms with Crippen LogP contribution in [-0.4, -0.2) is 33.5 Å². The molecule has 1 aromatic heterocycles. The summed E-state index contributed by atoms with van der Waals surface area (Å²) in [6.07, 6.45) is 4.93. The Morgan fingerprint density at radius 2 is 2.04 bits per heavy atom. The van der Waals surface area contributed by atoms with E-state index in [1.54, 1.807) is 12.1 Å². The largest absolute Gasteiger partial charge is 0.393 e. The number of rotatable bonds is 4. The van der Waals surface area contributed by atoms with Crippen molar-refractivity contribution >= 4 is 29.2 Å². The highest BCUT2D eigenvalue weighted by Crippen LogP contribution is 2.31. The van der Waals surface area contributed by atoms with E-state index in [4.69, 9.17) is 11.6 Å². The van der Waals surface area contributed by atoms with E-state index in [1.807, 2.05) is 18.4 Å². The minimum absolute atomic E-state index is 0.201. The van der Waals surface area contributed by atoms with Crippen molar-refractivity contribution in [1.29, 1.82) is 5.26 Å². The van der Waals surface area contributed by atoms with Crippen molar-refractivity contribution in [2.75, 3.05) is 11.6 Å². The predicted molar refractivity (Wildman–Crippen MR) is 101 cm³/mol. The molecule has 0 amide bonds. The minimum Gasteiger partial charge on any atom is -0.393 e. The fourth-order valence-electron chi connectivity index (χ4n) is 3.00. The number of nitriles is 1. The average Bonchev–Trinajstić information content (AvgIpc) is 2.63. The lowest BCUT2D eigenvalue weighted by atomic mass is 9.93. The molecule has 2 aromatic rings. The van der Waals surface area contributed by atoms with E-state index in [9.17, 15) is 10.4 Å². The standard InChI is InChI=1S/C18H19ClN4OS/c1-25-18-22-16(11-3-2-4-12(19)9-11)15(10-20)17(23-18)21-13-5-7-14(24)8-6-13/h2-4,9,13-14,24H,5-8H2,1H3,(H,21,22,23). The van der Waals surface area contributed by atoms with E-state index in [2.05, 4.69) is 21.4 Å². The Hall–Kier alpha value is -1.81. The predicted octanol–water partition coefficient (Wildman–Crippen LogP) is 4.11. The number of thioether (sulfide) groups is 1. The van der Waals surface area contributed by atoms with Gasteiger partial charge in [-0.25, -0.2) is 9.97 Å². The highest BCUT2D eigenvalue weighted by atomic mass is 35.5. The van der Waals surface area contributed by atoms with Crippen LogP contribution in [0.15, 0.2) is 29.4 Å². The van der Waals surface area contributed by atoms with Crippen LogP contribution in [0.1, 0.15) is 31.2 Å². The second-order valence-corrected chi connectivity index (χ2v) is 7.26. The number of anilines is 1. The van der Waals surface area contributed by atoms with Gasteiger partial charge in [-0.2, -0.15) is 5.26 Å². The maximum absolute atomic E-state index is 9.72. The average molecular weight is 375 g/mol. The third-order valence-corrected chi connectivity index (χ3v) is 5.10.